The summed E-state index contributed by atoms with van der Waals surface area (Å²) in [6.07, 6.45) is 2.53. The Kier molecular flexibility index (Phi) is 3.09. The number of hydrogen-bond acceptors (Lipinski definition) is 4. The van der Waals surface area contributed by atoms with Gasteiger partial charge >= 0.3 is 5.97 Å². The van der Waals surface area contributed by atoms with Gasteiger partial charge in [-0.1, -0.05) is 0 Å². The summed E-state index contributed by atoms with van der Waals surface area (Å²) in [5.74, 6) is 0.579. The molecular weight excluding hydrogens is 218 g/mol. The Morgan fingerprint density at radius 2 is 2.35 bits per heavy atom. The van der Waals surface area contributed by atoms with Crippen molar-refractivity contribution in [3.63, 3.8) is 0 Å². The largest absolute Gasteiger partial charge is 0.469 e. The van der Waals surface area contributed by atoms with Crippen LogP contribution < -0.4 is 5.32 Å². The van der Waals surface area contributed by atoms with Crippen molar-refractivity contribution in [2.24, 2.45) is 0 Å². The van der Waals surface area contributed by atoms with Gasteiger partial charge in [-0.15, -0.1) is 0 Å². The van der Waals surface area contributed by atoms with E-state index in [1.165, 1.54) is 7.11 Å². The molecule has 0 aromatic carbocycles. The molecule has 0 amide bonds. The number of aromatic nitrogens is 2. The van der Waals surface area contributed by atoms with E-state index in [9.17, 15) is 4.79 Å². The van der Waals surface area contributed by atoms with E-state index >= 15 is 0 Å². The lowest BCUT2D eigenvalue weighted by Gasteiger charge is -2.28. The van der Waals surface area contributed by atoms with Crippen LogP contribution in [0.15, 0.2) is 6.20 Å². The van der Waals surface area contributed by atoms with Crippen LogP contribution in [-0.4, -0.2) is 28.9 Å². The number of carbonyl (C=O) groups excluding carboxylic acids is 1. The van der Waals surface area contributed by atoms with Gasteiger partial charge in [0.25, 0.3) is 0 Å². The Bertz CT molecular complexity index is 425. The number of methoxy groups -OCH3 is 1. The molecule has 0 spiro atoms. The first-order chi connectivity index (χ1) is 8.04. The Morgan fingerprint density at radius 3 is 2.94 bits per heavy atom. The van der Waals surface area contributed by atoms with Gasteiger partial charge in [-0.3, -0.25) is 4.79 Å². The molecule has 1 aliphatic rings. The Balaban J connectivity index is 2.41. The van der Waals surface area contributed by atoms with Crippen LogP contribution in [0, 0.1) is 0 Å². The summed E-state index contributed by atoms with van der Waals surface area (Å²) in [5.41, 5.74) is 0.948. The highest BCUT2D eigenvalue weighted by Gasteiger charge is 2.33. The maximum Gasteiger partial charge on any atom is 0.313 e. The Hall–Kier alpha value is -1.52. The number of anilines is 1. The van der Waals surface area contributed by atoms with Crippen molar-refractivity contribution in [3.8, 4) is 0 Å². The summed E-state index contributed by atoms with van der Waals surface area (Å²) in [5, 5.41) is 7.74. The van der Waals surface area contributed by atoms with Gasteiger partial charge in [0.05, 0.1) is 19.2 Å². The molecule has 17 heavy (non-hydrogen) atoms. The highest BCUT2D eigenvalue weighted by Crippen LogP contribution is 2.36. The molecule has 94 valence electrons. The molecule has 0 saturated carbocycles. The van der Waals surface area contributed by atoms with E-state index in [4.69, 9.17) is 4.74 Å². The number of fused-ring (bicyclic) bond motifs is 1. The molecule has 0 radical (unpaired) electrons. The summed E-state index contributed by atoms with van der Waals surface area (Å²) in [6.45, 7) is 6.21. The average molecular weight is 237 g/mol. The highest BCUT2D eigenvalue weighted by atomic mass is 16.5. The number of rotatable bonds is 2. The standard InChI is InChI=1S/C12H19N3O2/c1-7(2)15-11-10(6-13-15)9(12(16)17-4)5-8(3)14-11/h6-9,14H,5H2,1-4H3/t8-,9-/m0/s1. The number of esters is 1. The number of ether oxygens (including phenoxy) is 1. The molecule has 5 nitrogen and oxygen atoms in total. The van der Waals surface area contributed by atoms with Crippen LogP contribution in [0.25, 0.3) is 0 Å². The number of nitrogens with zero attached hydrogens (tertiary/aromatic N) is 2. The fourth-order valence-electron chi connectivity index (χ4n) is 2.31. The van der Waals surface area contributed by atoms with Crippen molar-refractivity contribution in [2.45, 2.75) is 45.2 Å². The Labute approximate surface area is 101 Å². The maximum atomic E-state index is 11.8. The second kappa shape index (κ2) is 4.39. The van der Waals surface area contributed by atoms with Crippen molar-refractivity contribution in [2.75, 3.05) is 12.4 Å². The van der Waals surface area contributed by atoms with Gasteiger partial charge in [-0.25, -0.2) is 4.68 Å². The summed E-state index contributed by atoms with van der Waals surface area (Å²) < 4.78 is 6.78. The molecular formula is C12H19N3O2. The van der Waals surface area contributed by atoms with E-state index in [1.54, 1.807) is 6.20 Å². The average Bonchev–Trinajstić information content (AvgIpc) is 2.70. The van der Waals surface area contributed by atoms with Crippen LogP contribution in [-0.2, 0) is 9.53 Å². The van der Waals surface area contributed by atoms with E-state index in [2.05, 4.69) is 31.2 Å². The third-order valence-corrected chi connectivity index (χ3v) is 3.15. The van der Waals surface area contributed by atoms with Gasteiger partial charge in [-0.2, -0.15) is 5.10 Å². The van der Waals surface area contributed by atoms with Crippen molar-refractivity contribution in [1.82, 2.24) is 9.78 Å². The van der Waals surface area contributed by atoms with E-state index in [0.29, 0.717) is 0 Å². The summed E-state index contributed by atoms with van der Waals surface area (Å²) in [4.78, 5) is 11.8. The topological polar surface area (TPSA) is 56.1 Å². The molecule has 0 bridgehead atoms. The third kappa shape index (κ3) is 2.01. The minimum atomic E-state index is -0.196. The minimum absolute atomic E-state index is 0.178. The van der Waals surface area contributed by atoms with Crippen molar-refractivity contribution in [1.29, 1.82) is 0 Å². The minimum Gasteiger partial charge on any atom is -0.469 e. The summed E-state index contributed by atoms with van der Waals surface area (Å²) in [7, 11) is 1.43. The molecule has 1 aliphatic heterocycles. The first kappa shape index (κ1) is 12.0. The lowest BCUT2D eigenvalue weighted by atomic mass is 9.91. The number of carbonyl (C=O) groups is 1. The van der Waals surface area contributed by atoms with E-state index in [0.717, 1.165) is 17.8 Å². The molecule has 0 saturated heterocycles. The van der Waals surface area contributed by atoms with Crippen molar-refractivity contribution >= 4 is 11.8 Å². The van der Waals surface area contributed by atoms with Gasteiger partial charge in [-0.05, 0) is 27.2 Å². The highest BCUT2D eigenvalue weighted by molar-refractivity contribution is 5.81. The summed E-state index contributed by atoms with van der Waals surface area (Å²) >= 11 is 0. The van der Waals surface area contributed by atoms with Crippen LogP contribution in [0.5, 0.6) is 0 Å². The van der Waals surface area contributed by atoms with E-state index < -0.39 is 0 Å². The molecule has 2 rings (SSSR count). The molecule has 2 atom stereocenters. The van der Waals surface area contributed by atoms with Gasteiger partial charge in [0.1, 0.15) is 5.82 Å². The van der Waals surface area contributed by atoms with Gasteiger partial charge < -0.3 is 10.1 Å². The third-order valence-electron chi connectivity index (χ3n) is 3.15. The zero-order valence-electron chi connectivity index (χ0n) is 10.7. The van der Waals surface area contributed by atoms with Gasteiger partial charge in [0.2, 0.25) is 0 Å². The van der Waals surface area contributed by atoms with Gasteiger partial charge in [0, 0.05) is 17.6 Å². The second-order valence-corrected chi connectivity index (χ2v) is 4.84. The predicted molar refractivity (Wildman–Crippen MR) is 65.1 cm³/mol. The van der Waals surface area contributed by atoms with Crippen LogP contribution in [0.1, 0.15) is 44.7 Å². The normalized spacial score (nSPS) is 23.1. The van der Waals surface area contributed by atoms with Crippen molar-refractivity contribution < 1.29 is 9.53 Å². The fourth-order valence-corrected chi connectivity index (χ4v) is 2.31. The van der Waals surface area contributed by atoms with Crippen LogP contribution in [0.4, 0.5) is 5.82 Å². The monoisotopic (exact) mass is 237 g/mol. The quantitative estimate of drug-likeness (QED) is 0.798. The zero-order valence-corrected chi connectivity index (χ0v) is 10.7. The fraction of sp³-hybridized carbons (Fsp3) is 0.667. The number of nitrogens with one attached hydrogen (secondary N) is 1. The molecule has 0 unspecified atom stereocenters. The smallest absolute Gasteiger partial charge is 0.313 e. The van der Waals surface area contributed by atoms with Gasteiger partial charge in [0.15, 0.2) is 0 Å². The predicted octanol–water partition coefficient (Wildman–Crippen LogP) is 1.92. The van der Waals surface area contributed by atoms with Crippen LogP contribution in [0.3, 0.4) is 0 Å². The van der Waals surface area contributed by atoms with E-state index in [1.807, 2.05) is 4.68 Å². The number of hydrogen-bond donors (Lipinski definition) is 1. The lowest BCUT2D eigenvalue weighted by Crippen LogP contribution is -2.30. The van der Waals surface area contributed by atoms with Crippen LogP contribution >= 0.6 is 0 Å². The maximum absolute atomic E-state index is 11.8. The Morgan fingerprint density at radius 1 is 1.65 bits per heavy atom. The molecule has 5 heteroatoms. The van der Waals surface area contributed by atoms with E-state index in [-0.39, 0.29) is 24.0 Å². The molecule has 0 aliphatic carbocycles. The molecule has 1 aromatic rings. The lowest BCUT2D eigenvalue weighted by molar-refractivity contribution is -0.142. The zero-order chi connectivity index (χ0) is 12.6. The summed E-state index contributed by atoms with van der Waals surface area (Å²) in [6, 6.07) is 0.524. The van der Waals surface area contributed by atoms with Crippen LogP contribution in [0.2, 0.25) is 0 Å². The second-order valence-electron chi connectivity index (χ2n) is 4.84. The van der Waals surface area contributed by atoms with Crippen molar-refractivity contribution in [3.05, 3.63) is 11.8 Å². The molecule has 1 N–H and O–H groups in total. The molecule has 2 heterocycles. The molecule has 0 fully saturated rings. The first-order valence-electron chi connectivity index (χ1n) is 5.96. The first-order valence-corrected chi connectivity index (χ1v) is 5.96. The molecule has 1 aromatic heterocycles. The SMILES string of the molecule is COC(=O)[C@H]1C[C@H](C)Nc2c1cnn2C(C)C.